The zero-order valence-electron chi connectivity index (χ0n) is 13.2. The van der Waals surface area contributed by atoms with Crippen molar-refractivity contribution in [3.05, 3.63) is 74.7 Å². The van der Waals surface area contributed by atoms with E-state index in [1.165, 1.54) is 11.3 Å². The van der Waals surface area contributed by atoms with Crippen molar-refractivity contribution in [2.75, 3.05) is 7.11 Å². The maximum absolute atomic E-state index is 12.7. The van der Waals surface area contributed by atoms with Gasteiger partial charge in [-0.15, -0.1) is 11.3 Å². The Kier molecular flexibility index (Phi) is 3.70. The van der Waals surface area contributed by atoms with Crippen LogP contribution in [-0.2, 0) is 0 Å². The molecule has 4 rings (SSSR count). The molecule has 7 heteroatoms. The molecule has 0 amide bonds. The summed E-state index contributed by atoms with van der Waals surface area (Å²) in [5, 5.41) is 2.60. The molecule has 0 fully saturated rings. The first-order valence-electron chi connectivity index (χ1n) is 7.52. The molecular formula is C18H13N3O3S. The Labute approximate surface area is 146 Å². The molecule has 0 radical (unpaired) electrons. The van der Waals surface area contributed by atoms with E-state index in [0.29, 0.717) is 21.7 Å². The number of aromatic nitrogens is 3. The van der Waals surface area contributed by atoms with Gasteiger partial charge in [0, 0.05) is 10.9 Å². The summed E-state index contributed by atoms with van der Waals surface area (Å²) >= 11 is 1.24. The third-order valence-corrected chi connectivity index (χ3v) is 4.70. The molecule has 25 heavy (non-hydrogen) atoms. The summed E-state index contributed by atoms with van der Waals surface area (Å²) in [5.41, 5.74) is 1.21. The van der Waals surface area contributed by atoms with Gasteiger partial charge in [0.05, 0.1) is 23.7 Å². The predicted molar refractivity (Wildman–Crippen MR) is 97.8 cm³/mol. The molecule has 2 aromatic heterocycles. The van der Waals surface area contributed by atoms with Gasteiger partial charge in [-0.3, -0.25) is 4.79 Å². The van der Waals surface area contributed by atoms with Crippen LogP contribution in [0.5, 0.6) is 5.75 Å². The van der Waals surface area contributed by atoms with Gasteiger partial charge in [0.2, 0.25) is 5.13 Å². The minimum absolute atomic E-state index is 0.336. The largest absolute Gasteiger partial charge is 0.497 e. The lowest BCUT2D eigenvalue weighted by molar-refractivity contribution is 0.415. The molecule has 124 valence electrons. The number of hydrogen-bond acceptors (Lipinski definition) is 5. The van der Waals surface area contributed by atoms with Crippen molar-refractivity contribution in [2.45, 2.75) is 0 Å². The normalized spacial score (nSPS) is 10.9. The summed E-state index contributed by atoms with van der Waals surface area (Å²) in [5.74, 6) is 0.751. The van der Waals surface area contributed by atoms with Crippen LogP contribution in [0.3, 0.4) is 0 Å². The Morgan fingerprint density at radius 2 is 1.84 bits per heavy atom. The average Bonchev–Trinajstić information content (AvgIpc) is 3.11. The van der Waals surface area contributed by atoms with Gasteiger partial charge in [-0.25, -0.2) is 14.3 Å². The minimum atomic E-state index is -0.501. The van der Waals surface area contributed by atoms with Crippen molar-refractivity contribution in [2.24, 2.45) is 0 Å². The van der Waals surface area contributed by atoms with Gasteiger partial charge < -0.3 is 9.72 Å². The Morgan fingerprint density at radius 1 is 1.08 bits per heavy atom. The lowest BCUT2D eigenvalue weighted by atomic mass is 10.2. The van der Waals surface area contributed by atoms with Crippen LogP contribution in [0.15, 0.2) is 63.5 Å². The summed E-state index contributed by atoms with van der Waals surface area (Å²) < 4.78 is 6.21. The molecule has 2 aromatic carbocycles. The Morgan fingerprint density at radius 3 is 2.60 bits per heavy atom. The van der Waals surface area contributed by atoms with Crippen molar-refractivity contribution in [3.8, 4) is 22.1 Å². The lowest BCUT2D eigenvalue weighted by Crippen LogP contribution is -2.33. The van der Waals surface area contributed by atoms with Crippen LogP contribution in [0.4, 0.5) is 0 Å². The number of thiazole rings is 1. The standard InChI is InChI=1S/C18H13N3O3S/c1-24-12-8-6-11(7-9-12)15-10-25-18(20-15)21-16(22)13-4-2-3-5-14(13)19-17(21)23/h2-10H,1H3,(H,19,23). The molecule has 0 saturated carbocycles. The number of hydrogen-bond donors (Lipinski definition) is 1. The molecule has 0 atom stereocenters. The number of nitrogens with one attached hydrogen (secondary N) is 1. The SMILES string of the molecule is COc1ccc(-c2csc(-n3c(=O)[nH]c4ccccc4c3=O)n2)cc1. The zero-order valence-corrected chi connectivity index (χ0v) is 14.0. The molecule has 0 saturated heterocycles. The molecule has 0 spiro atoms. The Balaban J connectivity index is 1.84. The smallest absolute Gasteiger partial charge is 0.335 e. The monoisotopic (exact) mass is 351 g/mol. The van der Waals surface area contributed by atoms with E-state index in [1.807, 2.05) is 29.6 Å². The number of nitrogens with zero attached hydrogens (tertiary/aromatic N) is 2. The number of fused-ring (bicyclic) bond motifs is 1. The number of ether oxygens (including phenoxy) is 1. The molecular weight excluding hydrogens is 338 g/mol. The quantitative estimate of drug-likeness (QED) is 0.616. The van der Waals surface area contributed by atoms with Gasteiger partial charge in [0.15, 0.2) is 0 Å². The summed E-state index contributed by atoms with van der Waals surface area (Å²) in [6.07, 6.45) is 0. The maximum Gasteiger partial charge on any atom is 0.335 e. The van der Waals surface area contributed by atoms with Crippen molar-refractivity contribution < 1.29 is 4.74 Å². The molecule has 0 aliphatic rings. The Hall–Kier alpha value is -3.19. The number of rotatable bonds is 3. The second kappa shape index (κ2) is 6.03. The number of benzene rings is 2. The van der Waals surface area contributed by atoms with Crippen molar-refractivity contribution in [1.82, 2.24) is 14.5 Å². The average molecular weight is 351 g/mol. The highest BCUT2D eigenvalue weighted by atomic mass is 32.1. The zero-order chi connectivity index (χ0) is 17.4. The van der Waals surface area contributed by atoms with Crippen LogP contribution in [0.2, 0.25) is 0 Å². The minimum Gasteiger partial charge on any atom is -0.497 e. The second-order valence-electron chi connectivity index (χ2n) is 5.36. The third-order valence-electron chi connectivity index (χ3n) is 3.87. The molecule has 0 bridgehead atoms. The van der Waals surface area contributed by atoms with Gasteiger partial charge in [-0.2, -0.15) is 0 Å². The van der Waals surface area contributed by atoms with Crippen LogP contribution in [0.25, 0.3) is 27.3 Å². The van der Waals surface area contributed by atoms with Gasteiger partial charge in [-0.1, -0.05) is 12.1 Å². The Bertz CT molecular complexity index is 1170. The number of methoxy groups -OCH3 is 1. The van der Waals surface area contributed by atoms with Crippen LogP contribution in [-0.4, -0.2) is 21.6 Å². The summed E-state index contributed by atoms with van der Waals surface area (Å²) in [4.78, 5) is 32.2. The first kappa shape index (κ1) is 15.3. The van der Waals surface area contributed by atoms with E-state index in [1.54, 1.807) is 31.4 Å². The van der Waals surface area contributed by atoms with Crippen molar-refractivity contribution in [3.63, 3.8) is 0 Å². The van der Waals surface area contributed by atoms with E-state index in [-0.39, 0.29) is 5.56 Å². The highest BCUT2D eigenvalue weighted by Crippen LogP contribution is 2.25. The topological polar surface area (TPSA) is 77.0 Å². The van der Waals surface area contributed by atoms with E-state index in [2.05, 4.69) is 9.97 Å². The highest BCUT2D eigenvalue weighted by Gasteiger charge is 2.13. The van der Waals surface area contributed by atoms with Crippen LogP contribution in [0.1, 0.15) is 0 Å². The van der Waals surface area contributed by atoms with Crippen LogP contribution in [0, 0.1) is 0 Å². The number of para-hydroxylation sites is 1. The second-order valence-corrected chi connectivity index (χ2v) is 6.20. The maximum atomic E-state index is 12.7. The molecule has 0 aliphatic carbocycles. The fourth-order valence-corrected chi connectivity index (χ4v) is 3.43. The van der Waals surface area contributed by atoms with Crippen LogP contribution < -0.4 is 16.0 Å². The predicted octanol–water partition coefficient (Wildman–Crippen LogP) is 2.81. The van der Waals surface area contributed by atoms with Crippen molar-refractivity contribution >= 4 is 22.2 Å². The van der Waals surface area contributed by atoms with E-state index < -0.39 is 5.69 Å². The van der Waals surface area contributed by atoms with E-state index in [4.69, 9.17) is 4.74 Å². The van der Waals surface area contributed by atoms with Gasteiger partial charge in [0.25, 0.3) is 5.56 Å². The summed E-state index contributed by atoms with van der Waals surface area (Å²) in [6.45, 7) is 0. The molecule has 2 heterocycles. The van der Waals surface area contributed by atoms with Crippen molar-refractivity contribution in [1.29, 1.82) is 0 Å². The van der Waals surface area contributed by atoms with Crippen LogP contribution >= 0.6 is 11.3 Å². The lowest BCUT2D eigenvalue weighted by Gasteiger charge is -2.03. The van der Waals surface area contributed by atoms with E-state index >= 15 is 0 Å². The molecule has 0 aliphatic heterocycles. The molecule has 0 unspecified atom stereocenters. The molecule has 4 aromatic rings. The fraction of sp³-hybridized carbons (Fsp3) is 0.0556. The number of aromatic amines is 1. The van der Waals surface area contributed by atoms with Gasteiger partial charge in [0.1, 0.15) is 5.75 Å². The number of H-pyrrole nitrogens is 1. The third kappa shape index (κ3) is 2.64. The van der Waals surface area contributed by atoms with E-state index in [9.17, 15) is 9.59 Å². The van der Waals surface area contributed by atoms with Gasteiger partial charge in [-0.05, 0) is 36.4 Å². The highest BCUT2D eigenvalue weighted by molar-refractivity contribution is 7.12. The first-order valence-corrected chi connectivity index (χ1v) is 8.40. The molecule has 1 N–H and O–H groups in total. The first-order chi connectivity index (χ1) is 12.2. The fourth-order valence-electron chi connectivity index (χ4n) is 2.60. The van der Waals surface area contributed by atoms with E-state index in [0.717, 1.165) is 15.9 Å². The van der Waals surface area contributed by atoms with Gasteiger partial charge >= 0.3 is 5.69 Å². The summed E-state index contributed by atoms with van der Waals surface area (Å²) in [7, 11) is 1.61. The molecule has 6 nitrogen and oxygen atoms in total. The summed E-state index contributed by atoms with van der Waals surface area (Å²) in [6, 6.07) is 14.3.